The van der Waals surface area contributed by atoms with Gasteiger partial charge in [0.15, 0.2) is 0 Å². The van der Waals surface area contributed by atoms with Gasteiger partial charge in [-0.1, -0.05) is 40.2 Å². The van der Waals surface area contributed by atoms with Crippen molar-refractivity contribution in [2.75, 3.05) is 7.11 Å². The molecule has 0 fully saturated rings. The molecular weight excluding hydrogens is 322 g/mol. The van der Waals surface area contributed by atoms with Crippen LogP contribution in [0.3, 0.4) is 0 Å². The van der Waals surface area contributed by atoms with Crippen molar-refractivity contribution in [3.8, 4) is 16.3 Å². The highest BCUT2D eigenvalue weighted by Gasteiger charge is 2.07. The summed E-state index contributed by atoms with van der Waals surface area (Å²) in [7, 11) is 1.68. The summed E-state index contributed by atoms with van der Waals surface area (Å²) in [4.78, 5) is 4.67. The summed E-state index contributed by atoms with van der Waals surface area (Å²) in [6.45, 7) is 0. The maximum atomic E-state index is 5.24. The van der Waals surface area contributed by atoms with Crippen molar-refractivity contribution in [2.24, 2.45) is 0 Å². The van der Waals surface area contributed by atoms with E-state index in [4.69, 9.17) is 4.74 Å². The SMILES string of the molecule is COc1ccc2nc(-c3ccc(CBr)cc3)sc2c1. The van der Waals surface area contributed by atoms with Crippen molar-refractivity contribution in [1.82, 2.24) is 4.98 Å². The third kappa shape index (κ3) is 2.51. The molecule has 0 saturated heterocycles. The molecule has 96 valence electrons. The fourth-order valence-electron chi connectivity index (χ4n) is 1.89. The van der Waals surface area contributed by atoms with Gasteiger partial charge in [0.05, 0.1) is 17.3 Å². The number of nitrogens with zero attached hydrogens (tertiary/aromatic N) is 1. The van der Waals surface area contributed by atoms with Gasteiger partial charge in [-0.2, -0.15) is 0 Å². The van der Waals surface area contributed by atoms with Crippen LogP contribution < -0.4 is 4.74 Å². The number of alkyl halides is 1. The van der Waals surface area contributed by atoms with Gasteiger partial charge in [0.2, 0.25) is 0 Å². The highest BCUT2D eigenvalue weighted by molar-refractivity contribution is 9.08. The highest BCUT2D eigenvalue weighted by Crippen LogP contribution is 2.32. The van der Waals surface area contributed by atoms with E-state index < -0.39 is 0 Å². The number of halogens is 1. The molecule has 0 aliphatic heterocycles. The number of fused-ring (bicyclic) bond motifs is 1. The smallest absolute Gasteiger partial charge is 0.124 e. The summed E-state index contributed by atoms with van der Waals surface area (Å²) >= 11 is 5.15. The van der Waals surface area contributed by atoms with Crippen LogP contribution in [0.15, 0.2) is 42.5 Å². The zero-order valence-electron chi connectivity index (χ0n) is 10.4. The Morgan fingerprint density at radius 3 is 2.63 bits per heavy atom. The van der Waals surface area contributed by atoms with Crippen LogP contribution in [0.4, 0.5) is 0 Å². The minimum absolute atomic E-state index is 0.873. The minimum atomic E-state index is 0.873. The maximum absolute atomic E-state index is 5.24. The van der Waals surface area contributed by atoms with Gasteiger partial charge in [-0.05, 0) is 23.8 Å². The third-order valence-electron chi connectivity index (χ3n) is 2.95. The van der Waals surface area contributed by atoms with Crippen molar-refractivity contribution in [3.05, 3.63) is 48.0 Å². The molecule has 0 aliphatic carbocycles. The van der Waals surface area contributed by atoms with Crippen molar-refractivity contribution in [2.45, 2.75) is 5.33 Å². The van der Waals surface area contributed by atoms with E-state index in [1.165, 1.54) is 5.56 Å². The molecule has 0 spiro atoms. The topological polar surface area (TPSA) is 22.1 Å². The second kappa shape index (κ2) is 5.31. The molecule has 2 aromatic carbocycles. The molecule has 0 radical (unpaired) electrons. The van der Waals surface area contributed by atoms with Gasteiger partial charge in [0.1, 0.15) is 10.8 Å². The highest BCUT2D eigenvalue weighted by atomic mass is 79.9. The molecule has 1 heterocycles. The van der Waals surface area contributed by atoms with Crippen LogP contribution >= 0.6 is 27.3 Å². The molecule has 0 bridgehead atoms. The standard InChI is InChI=1S/C15H12BrNOS/c1-18-12-6-7-13-14(8-12)19-15(17-13)11-4-2-10(9-16)3-5-11/h2-8H,9H2,1H3. The summed E-state index contributed by atoms with van der Waals surface area (Å²) < 4.78 is 6.39. The lowest BCUT2D eigenvalue weighted by molar-refractivity contribution is 0.415. The Morgan fingerprint density at radius 1 is 1.16 bits per heavy atom. The Labute approximate surface area is 124 Å². The molecule has 3 rings (SSSR count). The Balaban J connectivity index is 2.04. The molecule has 4 heteroatoms. The van der Waals surface area contributed by atoms with E-state index in [0.717, 1.165) is 31.9 Å². The van der Waals surface area contributed by atoms with Gasteiger partial charge < -0.3 is 4.74 Å². The molecule has 0 amide bonds. The molecule has 0 atom stereocenters. The van der Waals surface area contributed by atoms with Crippen molar-refractivity contribution >= 4 is 37.5 Å². The second-order valence-electron chi connectivity index (χ2n) is 4.18. The molecule has 1 aromatic heterocycles. The van der Waals surface area contributed by atoms with Crippen LogP contribution in [0.2, 0.25) is 0 Å². The predicted octanol–water partition coefficient (Wildman–Crippen LogP) is 4.87. The first kappa shape index (κ1) is 12.6. The fourth-order valence-corrected chi connectivity index (χ4v) is 3.27. The zero-order chi connectivity index (χ0) is 13.2. The lowest BCUT2D eigenvalue weighted by Gasteiger charge is -1.97. The summed E-state index contributed by atoms with van der Waals surface area (Å²) in [5.74, 6) is 0.873. The number of ether oxygens (including phenoxy) is 1. The van der Waals surface area contributed by atoms with Crippen LogP contribution in [-0.2, 0) is 5.33 Å². The normalized spacial score (nSPS) is 10.8. The van der Waals surface area contributed by atoms with E-state index in [-0.39, 0.29) is 0 Å². The first-order valence-electron chi connectivity index (χ1n) is 5.90. The zero-order valence-corrected chi connectivity index (χ0v) is 12.8. The summed E-state index contributed by atoms with van der Waals surface area (Å²) in [5.41, 5.74) is 3.45. The van der Waals surface area contributed by atoms with Crippen molar-refractivity contribution < 1.29 is 4.74 Å². The fraction of sp³-hybridized carbons (Fsp3) is 0.133. The van der Waals surface area contributed by atoms with Crippen LogP contribution in [-0.4, -0.2) is 12.1 Å². The number of hydrogen-bond acceptors (Lipinski definition) is 3. The molecule has 0 aliphatic rings. The quantitative estimate of drug-likeness (QED) is 0.638. The van der Waals surface area contributed by atoms with Gasteiger partial charge in [-0.25, -0.2) is 4.98 Å². The molecular formula is C15H12BrNOS. The first-order chi connectivity index (χ1) is 9.30. The Bertz CT molecular complexity index is 706. The lowest BCUT2D eigenvalue weighted by Crippen LogP contribution is -1.80. The number of benzene rings is 2. The number of rotatable bonds is 3. The molecule has 0 saturated carbocycles. The average Bonchev–Trinajstić information content (AvgIpc) is 2.90. The van der Waals surface area contributed by atoms with Crippen LogP contribution in [0, 0.1) is 0 Å². The molecule has 0 unspecified atom stereocenters. The van der Waals surface area contributed by atoms with Gasteiger partial charge in [-0.3, -0.25) is 0 Å². The third-order valence-corrected chi connectivity index (χ3v) is 4.67. The summed E-state index contributed by atoms with van der Waals surface area (Å²) in [6, 6.07) is 14.5. The van der Waals surface area contributed by atoms with Crippen LogP contribution in [0.1, 0.15) is 5.56 Å². The molecule has 3 aromatic rings. The lowest BCUT2D eigenvalue weighted by atomic mass is 10.2. The van der Waals surface area contributed by atoms with Crippen molar-refractivity contribution in [3.63, 3.8) is 0 Å². The number of hydrogen-bond donors (Lipinski definition) is 0. The predicted molar refractivity (Wildman–Crippen MR) is 84.2 cm³/mol. The maximum Gasteiger partial charge on any atom is 0.124 e. The van der Waals surface area contributed by atoms with E-state index in [1.54, 1.807) is 18.4 Å². The first-order valence-corrected chi connectivity index (χ1v) is 7.84. The Morgan fingerprint density at radius 2 is 1.95 bits per heavy atom. The number of aromatic nitrogens is 1. The number of thiazole rings is 1. The van der Waals surface area contributed by atoms with Gasteiger partial charge in [-0.15, -0.1) is 11.3 Å². The Hall–Kier alpha value is -1.39. The van der Waals surface area contributed by atoms with Gasteiger partial charge in [0, 0.05) is 10.9 Å². The van der Waals surface area contributed by atoms with E-state index in [0.29, 0.717) is 0 Å². The van der Waals surface area contributed by atoms with E-state index in [9.17, 15) is 0 Å². The minimum Gasteiger partial charge on any atom is -0.497 e. The monoisotopic (exact) mass is 333 g/mol. The average molecular weight is 334 g/mol. The summed E-state index contributed by atoms with van der Waals surface area (Å²) in [6.07, 6.45) is 0. The van der Waals surface area contributed by atoms with E-state index in [2.05, 4.69) is 45.2 Å². The van der Waals surface area contributed by atoms with Crippen LogP contribution in [0.25, 0.3) is 20.8 Å². The van der Waals surface area contributed by atoms with Gasteiger partial charge >= 0.3 is 0 Å². The van der Waals surface area contributed by atoms with Gasteiger partial charge in [0.25, 0.3) is 0 Å². The molecule has 19 heavy (non-hydrogen) atoms. The largest absolute Gasteiger partial charge is 0.497 e. The van der Waals surface area contributed by atoms with Crippen LogP contribution in [0.5, 0.6) is 5.75 Å². The van der Waals surface area contributed by atoms with E-state index >= 15 is 0 Å². The number of methoxy groups -OCH3 is 1. The Kier molecular flexibility index (Phi) is 3.53. The summed E-state index contributed by atoms with van der Waals surface area (Å²) in [5, 5.41) is 1.93. The van der Waals surface area contributed by atoms with E-state index in [1.807, 2.05) is 18.2 Å². The molecule has 2 nitrogen and oxygen atoms in total. The molecule has 0 N–H and O–H groups in total. The van der Waals surface area contributed by atoms with Crippen molar-refractivity contribution in [1.29, 1.82) is 0 Å². The second-order valence-corrected chi connectivity index (χ2v) is 5.77.